The molecule has 4 rings (SSSR count). The van der Waals surface area contributed by atoms with Crippen molar-refractivity contribution < 1.29 is 13.2 Å². The summed E-state index contributed by atoms with van der Waals surface area (Å²) in [5.74, 6) is 0.00810. The van der Waals surface area contributed by atoms with Gasteiger partial charge in [-0.05, 0) is 48.7 Å². The van der Waals surface area contributed by atoms with Gasteiger partial charge in [-0.15, -0.1) is 0 Å². The van der Waals surface area contributed by atoms with Crippen LogP contribution in [-0.4, -0.2) is 42.5 Å². The fourth-order valence-electron chi connectivity index (χ4n) is 3.40. The SMILES string of the molecule is CN(C)S(=O)(=O)c1ccc(CNC(=O)c2cnn(-c3ccc(Cl)cc3Cl)c2C2CC2)cc1. The molecule has 1 aromatic heterocycles. The summed E-state index contributed by atoms with van der Waals surface area (Å²) < 4.78 is 27.3. The standard InChI is InChI=1S/C22H22Cl2N4O3S/c1-27(2)32(30,31)17-8-3-14(4-9-17)12-25-22(29)18-13-26-28(21(18)15-5-6-15)20-10-7-16(23)11-19(20)24/h3-4,7-11,13,15H,5-6,12H2,1-2H3,(H,25,29). The first kappa shape index (κ1) is 22.8. The van der Waals surface area contributed by atoms with E-state index in [9.17, 15) is 13.2 Å². The second kappa shape index (κ2) is 8.86. The summed E-state index contributed by atoms with van der Waals surface area (Å²) in [6.45, 7) is 0.262. The lowest BCUT2D eigenvalue weighted by Gasteiger charge is -2.12. The van der Waals surface area contributed by atoms with Crippen LogP contribution in [0.3, 0.4) is 0 Å². The monoisotopic (exact) mass is 492 g/mol. The molecule has 168 valence electrons. The van der Waals surface area contributed by atoms with Crippen molar-refractivity contribution in [2.45, 2.75) is 30.2 Å². The normalized spacial score (nSPS) is 14.0. The van der Waals surface area contributed by atoms with Crippen LogP contribution in [0.2, 0.25) is 10.0 Å². The van der Waals surface area contributed by atoms with Crippen LogP contribution in [0, 0.1) is 0 Å². The molecule has 0 radical (unpaired) electrons. The van der Waals surface area contributed by atoms with Crippen LogP contribution >= 0.6 is 23.2 Å². The van der Waals surface area contributed by atoms with E-state index in [1.165, 1.54) is 26.2 Å². The van der Waals surface area contributed by atoms with Gasteiger partial charge in [0.15, 0.2) is 0 Å². The quantitative estimate of drug-likeness (QED) is 0.534. The predicted molar refractivity (Wildman–Crippen MR) is 124 cm³/mol. The van der Waals surface area contributed by atoms with Crippen molar-refractivity contribution in [3.8, 4) is 5.69 Å². The minimum Gasteiger partial charge on any atom is -0.348 e. The van der Waals surface area contributed by atoms with E-state index in [0.717, 1.165) is 28.4 Å². The molecule has 0 spiro atoms. The Labute approximate surface area is 197 Å². The molecule has 0 bridgehead atoms. The Hall–Kier alpha value is -2.39. The van der Waals surface area contributed by atoms with Gasteiger partial charge in [0.05, 0.1) is 33.1 Å². The smallest absolute Gasteiger partial charge is 0.255 e. The van der Waals surface area contributed by atoms with E-state index in [4.69, 9.17) is 23.2 Å². The molecule has 1 amide bonds. The molecule has 1 aliphatic rings. The van der Waals surface area contributed by atoms with E-state index >= 15 is 0 Å². The van der Waals surface area contributed by atoms with Gasteiger partial charge in [0, 0.05) is 31.6 Å². The molecule has 1 heterocycles. The lowest BCUT2D eigenvalue weighted by atomic mass is 10.1. The first-order valence-electron chi connectivity index (χ1n) is 10.0. The number of rotatable bonds is 7. The Morgan fingerprint density at radius 1 is 1.16 bits per heavy atom. The number of halogens is 2. The van der Waals surface area contributed by atoms with Gasteiger partial charge in [-0.3, -0.25) is 4.79 Å². The van der Waals surface area contributed by atoms with E-state index < -0.39 is 10.0 Å². The number of nitrogens with zero attached hydrogens (tertiary/aromatic N) is 3. The number of sulfonamides is 1. The van der Waals surface area contributed by atoms with Gasteiger partial charge >= 0.3 is 0 Å². The highest BCUT2D eigenvalue weighted by Gasteiger charge is 2.33. The first-order valence-corrected chi connectivity index (χ1v) is 12.2. The maximum Gasteiger partial charge on any atom is 0.255 e. The summed E-state index contributed by atoms with van der Waals surface area (Å²) in [5.41, 5.74) is 2.80. The van der Waals surface area contributed by atoms with Crippen molar-refractivity contribution in [2.75, 3.05) is 14.1 Å². The minimum absolute atomic E-state index is 0.203. The Kier molecular flexibility index (Phi) is 6.31. The second-order valence-corrected chi connectivity index (χ2v) is 10.8. The van der Waals surface area contributed by atoms with Crippen molar-refractivity contribution in [1.29, 1.82) is 0 Å². The van der Waals surface area contributed by atoms with E-state index in [1.807, 2.05) is 0 Å². The molecule has 1 saturated carbocycles. The summed E-state index contributed by atoms with van der Waals surface area (Å²) in [5, 5.41) is 8.32. The highest BCUT2D eigenvalue weighted by Crippen LogP contribution is 2.43. The van der Waals surface area contributed by atoms with Crippen LogP contribution in [-0.2, 0) is 16.6 Å². The summed E-state index contributed by atoms with van der Waals surface area (Å²) in [6.07, 6.45) is 3.53. The molecule has 0 saturated heterocycles. The van der Waals surface area contributed by atoms with Gasteiger partial charge in [0.25, 0.3) is 5.91 Å². The van der Waals surface area contributed by atoms with Gasteiger partial charge in [-0.25, -0.2) is 17.4 Å². The molecule has 0 unspecified atom stereocenters. The average molecular weight is 493 g/mol. The van der Waals surface area contributed by atoms with Gasteiger partial charge in [-0.1, -0.05) is 35.3 Å². The summed E-state index contributed by atoms with van der Waals surface area (Å²) in [6, 6.07) is 11.6. The van der Waals surface area contributed by atoms with Crippen molar-refractivity contribution in [3.05, 3.63) is 75.5 Å². The topological polar surface area (TPSA) is 84.3 Å². The predicted octanol–water partition coefficient (Wildman–Crippen LogP) is 4.24. The van der Waals surface area contributed by atoms with Gasteiger partial charge < -0.3 is 5.32 Å². The van der Waals surface area contributed by atoms with E-state index in [1.54, 1.807) is 41.2 Å². The Morgan fingerprint density at radius 3 is 2.44 bits per heavy atom. The molecule has 1 fully saturated rings. The maximum absolute atomic E-state index is 12.9. The van der Waals surface area contributed by atoms with Crippen LogP contribution in [0.4, 0.5) is 0 Å². The fraction of sp³-hybridized carbons (Fsp3) is 0.273. The fourth-order valence-corrected chi connectivity index (χ4v) is 4.79. The minimum atomic E-state index is -3.49. The number of carbonyl (C=O) groups is 1. The molecule has 1 aliphatic carbocycles. The molecule has 7 nitrogen and oxygen atoms in total. The van der Waals surface area contributed by atoms with E-state index in [0.29, 0.717) is 21.3 Å². The molecule has 10 heteroatoms. The van der Waals surface area contributed by atoms with Crippen molar-refractivity contribution in [2.24, 2.45) is 0 Å². The van der Waals surface area contributed by atoms with Gasteiger partial charge in [0.2, 0.25) is 10.0 Å². The first-order chi connectivity index (χ1) is 15.2. The second-order valence-electron chi connectivity index (χ2n) is 7.84. The lowest BCUT2D eigenvalue weighted by molar-refractivity contribution is 0.0950. The number of hydrogen-bond acceptors (Lipinski definition) is 4. The third-order valence-electron chi connectivity index (χ3n) is 5.31. The summed E-state index contributed by atoms with van der Waals surface area (Å²) >= 11 is 12.4. The Bertz CT molecular complexity index is 1270. The number of hydrogen-bond donors (Lipinski definition) is 1. The van der Waals surface area contributed by atoms with Crippen molar-refractivity contribution in [3.63, 3.8) is 0 Å². The molecule has 0 atom stereocenters. The molecular formula is C22H22Cl2N4O3S. The zero-order chi connectivity index (χ0) is 23.0. The number of aromatic nitrogens is 2. The van der Waals surface area contributed by atoms with Gasteiger partial charge in [-0.2, -0.15) is 5.10 Å². The summed E-state index contributed by atoms with van der Waals surface area (Å²) in [7, 11) is -0.521. The molecule has 0 aliphatic heterocycles. The average Bonchev–Trinajstić information content (AvgIpc) is 3.50. The van der Waals surface area contributed by atoms with Gasteiger partial charge in [0.1, 0.15) is 0 Å². The number of benzene rings is 2. The molecule has 1 N–H and O–H groups in total. The molecule has 32 heavy (non-hydrogen) atoms. The number of amides is 1. The number of nitrogens with one attached hydrogen (secondary N) is 1. The summed E-state index contributed by atoms with van der Waals surface area (Å²) in [4.78, 5) is 13.2. The van der Waals surface area contributed by atoms with E-state index in [-0.39, 0.29) is 23.3 Å². The van der Waals surface area contributed by atoms with Crippen LogP contribution < -0.4 is 5.32 Å². The largest absolute Gasteiger partial charge is 0.348 e. The molecule has 3 aromatic rings. The van der Waals surface area contributed by atoms with Crippen LogP contribution in [0.15, 0.2) is 53.6 Å². The third kappa shape index (κ3) is 4.54. The zero-order valence-corrected chi connectivity index (χ0v) is 19.9. The Balaban J connectivity index is 1.53. The van der Waals surface area contributed by atoms with Crippen molar-refractivity contribution in [1.82, 2.24) is 19.4 Å². The van der Waals surface area contributed by atoms with Crippen molar-refractivity contribution >= 4 is 39.1 Å². The molecular weight excluding hydrogens is 471 g/mol. The third-order valence-corrected chi connectivity index (χ3v) is 7.68. The maximum atomic E-state index is 12.9. The molecule has 2 aromatic carbocycles. The lowest BCUT2D eigenvalue weighted by Crippen LogP contribution is -2.24. The highest BCUT2D eigenvalue weighted by molar-refractivity contribution is 7.89. The van der Waals surface area contributed by atoms with E-state index in [2.05, 4.69) is 10.4 Å². The number of carbonyl (C=O) groups excluding carboxylic acids is 1. The van der Waals surface area contributed by atoms with Crippen LogP contribution in [0.1, 0.15) is 40.4 Å². The van der Waals surface area contributed by atoms with Crippen LogP contribution in [0.25, 0.3) is 5.69 Å². The van der Waals surface area contributed by atoms with Crippen LogP contribution in [0.5, 0.6) is 0 Å². The Morgan fingerprint density at radius 2 is 1.84 bits per heavy atom. The highest BCUT2D eigenvalue weighted by atomic mass is 35.5. The zero-order valence-electron chi connectivity index (χ0n) is 17.5.